The Hall–Kier alpha value is -2.50. The minimum absolute atomic E-state index is 0.00304. The number of anilines is 1. The molecule has 0 N–H and O–H groups in total. The highest BCUT2D eigenvalue weighted by Gasteiger charge is 2.34. The fraction of sp³-hybridized carbons (Fsp3) is 0.136. The minimum atomic E-state index is -0.290. The fourth-order valence-electron chi connectivity index (χ4n) is 3.17. The summed E-state index contributed by atoms with van der Waals surface area (Å²) < 4.78 is 19.7. The van der Waals surface area contributed by atoms with Crippen LogP contribution >= 0.6 is 23.4 Å². The standard InChI is InChI=1S/C22H17ClFNO2S/c1-14-10-15(12-17(24)11-14)22-25(21(26)13-28-22)18-4-8-20(9-5-18)27-19-6-2-16(23)3-7-19/h2-12,22H,13H2,1H3. The Morgan fingerprint density at radius 2 is 1.68 bits per heavy atom. The van der Waals surface area contributed by atoms with Gasteiger partial charge in [-0.05, 0) is 78.7 Å². The number of carbonyl (C=O) groups is 1. The molecule has 1 amide bonds. The number of aryl methyl sites for hydroxylation is 1. The third kappa shape index (κ3) is 4.01. The number of rotatable bonds is 4. The van der Waals surface area contributed by atoms with Crippen molar-refractivity contribution < 1.29 is 13.9 Å². The number of thioether (sulfide) groups is 1. The third-order valence-corrected chi connectivity index (χ3v) is 5.85. The molecule has 0 aliphatic carbocycles. The second kappa shape index (κ2) is 7.86. The molecule has 1 saturated heterocycles. The van der Waals surface area contributed by atoms with E-state index in [9.17, 15) is 9.18 Å². The van der Waals surface area contributed by atoms with E-state index in [0.717, 1.165) is 16.8 Å². The van der Waals surface area contributed by atoms with Crippen molar-refractivity contribution >= 4 is 35.0 Å². The van der Waals surface area contributed by atoms with Gasteiger partial charge in [0.25, 0.3) is 0 Å². The second-order valence-corrected chi connectivity index (χ2v) is 8.04. The summed E-state index contributed by atoms with van der Waals surface area (Å²) in [6.45, 7) is 1.85. The zero-order valence-corrected chi connectivity index (χ0v) is 16.6. The summed E-state index contributed by atoms with van der Waals surface area (Å²) in [6, 6.07) is 19.3. The Balaban J connectivity index is 1.57. The third-order valence-electron chi connectivity index (χ3n) is 4.38. The molecular weight excluding hydrogens is 397 g/mol. The van der Waals surface area contributed by atoms with E-state index in [1.807, 2.05) is 37.3 Å². The molecule has 0 aromatic heterocycles. The number of hydrogen-bond acceptors (Lipinski definition) is 3. The number of ether oxygens (including phenoxy) is 1. The van der Waals surface area contributed by atoms with Crippen LogP contribution in [0.15, 0.2) is 66.7 Å². The molecule has 6 heteroatoms. The summed E-state index contributed by atoms with van der Waals surface area (Å²) in [7, 11) is 0. The summed E-state index contributed by atoms with van der Waals surface area (Å²) in [4.78, 5) is 14.2. The Morgan fingerprint density at radius 3 is 2.32 bits per heavy atom. The average Bonchev–Trinajstić information content (AvgIpc) is 3.05. The van der Waals surface area contributed by atoms with Gasteiger partial charge in [0.2, 0.25) is 5.91 Å². The average molecular weight is 414 g/mol. The van der Waals surface area contributed by atoms with Crippen molar-refractivity contribution in [2.24, 2.45) is 0 Å². The molecule has 0 spiro atoms. The highest BCUT2D eigenvalue weighted by atomic mass is 35.5. The second-order valence-electron chi connectivity index (χ2n) is 6.54. The van der Waals surface area contributed by atoms with E-state index in [0.29, 0.717) is 22.3 Å². The topological polar surface area (TPSA) is 29.5 Å². The Labute approximate surface area is 172 Å². The van der Waals surface area contributed by atoms with Crippen LogP contribution in [0.25, 0.3) is 0 Å². The largest absolute Gasteiger partial charge is 0.457 e. The maximum Gasteiger partial charge on any atom is 0.238 e. The quantitative estimate of drug-likeness (QED) is 0.498. The van der Waals surface area contributed by atoms with Gasteiger partial charge >= 0.3 is 0 Å². The van der Waals surface area contributed by atoms with Crippen molar-refractivity contribution in [2.75, 3.05) is 10.7 Å². The molecule has 1 atom stereocenters. The number of halogens is 2. The molecule has 4 rings (SSSR count). The van der Waals surface area contributed by atoms with Crippen LogP contribution < -0.4 is 9.64 Å². The first-order valence-corrected chi connectivity index (χ1v) is 10.2. The van der Waals surface area contributed by atoms with E-state index in [1.165, 1.54) is 23.9 Å². The van der Waals surface area contributed by atoms with Crippen LogP contribution in [0.2, 0.25) is 5.02 Å². The summed E-state index contributed by atoms with van der Waals surface area (Å²) in [5.74, 6) is 1.41. The first kappa shape index (κ1) is 18.8. The fourth-order valence-corrected chi connectivity index (χ4v) is 4.45. The predicted octanol–water partition coefficient (Wildman–Crippen LogP) is 6.36. The van der Waals surface area contributed by atoms with E-state index in [4.69, 9.17) is 16.3 Å². The van der Waals surface area contributed by atoms with E-state index in [-0.39, 0.29) is 17.1 Å². The first-order valence-electron chi connectivity index (χ1n) is 8.74. The predicted molar refractivity (Wildman–Crippen MR) is 112 cm³/mol. The van der Waals surface area contributed by atoms with Crippen LogP contribution in [0.4, 0.5) is 10.1 Å². The number of carbonyl (C=O) groups excluding carboxylic acids is 1. The van der Waals surface area contributed by atoms with Crippen molar-refractivity contribution in [1.82, 2.24) is 0 Å². The Morgan fingerprint density at radius 1 is 1.04 bits per heavy atom. The highest BCUT2D eigenvalue weighted by Crippen LogP contribution is 2.42. The molecule has 0 saturated carbocycles. The number of hydrogen-bond donors (Lipinski definition) is 0. The summed E-state index contributed by atoms with van der Waals surface area (Å²) in [5, 5.41) is 0.399. The van der Waals surface area contributed by atoms with E-state index < -0.39 is 0 Å². The van der Waals surface area contributed by atoms with Crippen molar-refractivity contribution in [3.8, 4) is 11.5 Å². The lowest BCUT2D eigenvalue weighted by Crippen LogP contribution is -2.27. The molecule has 1 heterocycles. The maximum absolute atomic E-state index is 13.9. The van der Waals surface area contributed by atoms with Crippen LogP contribution in [-0.2, 0) is 4.79 Å². The molecule has 0 bridgehead atoms. The van der Waals surface area contributed by atoms with E-state index in [2.05, 4.69) is 0 Å². The Bertz CT molecular complexity index is 988. The van der Waals surface area contributed by atoms with Gasteiger partial charge < -0.3 is 4.74 Å². The molecule has 28 heavy (non-hydrogen) atoms. The molecule has 1 unspecified atom stereocenters. The van der Waals surface area contributed by atoms with E-state index >= 15 is 0 Å². The van der Waals surface area contributed by atoms with Crippen molar-refractivity contribution in [1.29, 1.82) is 0 Å². The van der Waals surface area contributed by atoms with E-state index in [1.54, 1.807) is 29.2 Å². The van der Waals surface area contributed by atoms with Gasteiger partial charge in [0.15, 0.2) is 0 Å². The zero-order chi connectivity index (χ0) is 19.7. The van der Waals surface area contributed by atoms with Gasteiger partial charge in [-0.2, -0.15) is 0 Å². The highest BCUT2D eigenvalue weighted by molar-refractivity contribution is 8.00. The first-order chi connectivity index (χ1) is 13.5. The summed E-state index contributed by atoms with van der Waals surface area (Å²) >= 11 is 7.39. The van der Waals surface area contributed by atoms with Gasteiger partial charge in [-0.1, -0.05) is 17.7 Å². The molecule has 3 nitrogen and oxygen atoms in total. The lowest BCUT2D eigenvalue weighted by molar-refractivity contribution is -0.115. The van der Waals surface area contributed by atoms with Crippen molar-refractivity contribution in [3.63, 3.8) is 0 Å². The maximum atomic E-state index is 13.9. The SMILES string of the molecule is Cc1cc(F)cc(C2SCC(=O)N2c2ccc(Oc3ccc(Cl)cc3)cc2)c1. The number of benzene rings is 3. The smallest absolute Gasteiger partial charge is 0.238 e. The minimum Gasteiger partial charge on any atom is -0.457 e. The zero-order valence-electron chi connectivity index (χ0n) is 15.1. The Kier molecular flexibility index (Phi) is 5.29. The molecule has 1 aliphatic rings. The molecule has 142 valence electrons. The summed E-state index contributed by atoms with van der Waals surface area (Å²) in [6.07, 6.45) is 0. The van der Waals surface area contributed by atoms with Gasteiger partial charge in [-0.3, -0.25) is 9.69 Å². The molecular formula is C22H17ClFNO2S. The monoisotopic (exact) mass is 413 g/mol. The lowest BCUT2D eigenvalue weighted by Gasteiger charge is -2.25. The van der Waals surface area contributed by atoms with Crippen molar-refractivity contribution in [2.45, 2.75) is 12.3 Å². The summed E-state index contributed by atoms with van der Waals surface area (Å²) in [5.41, 5.74) is 2.38. The van der Waals surface area contributed by atoms with Crippen LogP contribution in [0.5, 0.6) is 11.5 Å². The molecule has 3 aromatic carbocycles. The van der Waals surface area contributed by atoms with Crippen LogP contribution in [0, 0.1) is 12.7 Å². The van der Waals surface area contributed by atoms with Crippen LogP contribution in [0.1, 0.15) is 16.5 Å². The normalized spacial score (nSPS) is 16.5. The van der Waals surface area contributed by atoms with Gasteiger partial charge in [0, 0.05) is 10.7 Å². The van der Waals surface area contributed by atoms with Crippen molar-refractivity contribution in [3.05, 3.63) is 88.7 Å². The van der Waals surface area contributed by atoms with Gasteiger partial charge in [-0.25, -0.2) is 4.39 Å². The molecule has 0 radical (unpaired) electrons. The number of amides is 1. The van der Waals surface area contributed by atoms with Crippen LogP contribution in [-0.4, -0.2) is 11.7 Å². The van der Waals surface area contributed by atoms with Gasteiger partial charge in [0.1, 0.15) is 22.7 Å². The molecule has 1 aliphatic heterocycles. The number of nitrogens with zero attached hydrogens (tertiary/aromatic N) is 1. The molecule has 1 fully saturated rings. The van der Waals surface area contributed by atoms with Gasteiger partial charge in [0.05, 0.1) is 5.75 Å². The lowest BCUT2D eigenvalue weighted by atomic mass is 10.1. The van der Waals surface area contributed by atoms with Gasteiger partial charge in [-0.15, -0.1) is 11.8 Å². The molecule has 3 aromatic rings. The van der Waals surface area contributed by atoms with Crippen LogP contribution in [0.3, 0.4) is 0 Å².